The first-order chi connectivity index (χ1) is 10.8. The standard InChI is InChI=1S/C16H5F7/c17-8-3-1-2-6-10(14(21)16(23)15(22)11(6)8)7-4-5-9(18)13(20)12(7)19/h1-5H. The summed E-state index contributed by atoms with van der Waals surface area (Å²) >= 11 is 0. The summed E-state index contributed by atoms with van der Waals surface area (Å²) in [6, 6.07) is 4.04. The highest BCUT2D eigenvalue weighted by Gasteiger charge is 2.26. The fourth-order valence-corrected chi connectivity index (χ4v) is 2.37. The molecule has 0 radical (unpaired) electrons. The smallest absolute Gasteiger partial charge is 0.195 e. The molecule has 0 aliphatic heterocycles. The molecular weight excluding hydrogens is 325 g/mol. The third-order valence-corrected chi connectivity index (χ3v) is 3.41. The molecular formula is C16H5F7. The van der Waals surface area contributed by atoms with E-state index in [1.54, 1.807) is 0 Å². The van der Waals surface area contributed by atoms with Crippen LogP contribution in [0.25, 0.3) is 21.9 Å². The fraction of sp³-hybridized carbons (Fsp3) is 0. The van der Waals surface area contributed by atoms with Crippen LogP contribution in [0, 0.1) is 40.7 Å². The van der Waals surface area contributed by atoms with Crippen LogP contribution in [0.2, 0.25) is 0 Å². The van der Waals surface area contributed by atoms with Crippen molar-refractivity contribution < 1.29 is 30.7 Å². The van der Waals surface area contributed by atoms with Crippen LogP contribution < -0.4 is 0 Å². The Bertz CT molecular complexity index is 947. The zero-order valence-electron chi connectivity index (χ0n) is 11.0. The lowest BCUT2D eigenvalue weighted by Gasteiger charge is -2.12. The maximum Gasteiger partial charge on any atom is 0.195 e. The Morgan fingerprint density at radius 2 is 1.22 bits per heavy atom. The van der Waals surface area contributed by atoms with Gasteiger partial charge < -0.3 is 0 Å². The largest absolute Gasteiger partial charge is 0.206 e. The molecule has 118 valence electrons. The van der Waals surface area contributed by atoms with Crippen molar-refractivity contribution in [1.82, 2.24) is 0 Å². The summed E-state index contributed by atoms with van der Waals surface area (Å²) in [5.74, 6) is -12.1. The molecule has 0 unspecified atom stereocenters. The van der Waals surface area contributed by atoms with E-state index in [0.29, 0.717) is 12.1 Å². The zero-order valence-corrected chi connectivity index (χ0v) is 11.0. The van der Waals surface area contributed by atoms with Crippen LogP contribution in [0.5, 0.6) is 0 Å². The highest BCUT2D eigenvalue weighted by molar-refractivity contribution is 5.98. The molecule has 0 spiro atoms. The molecule has 0 saturated heterocycles. The Labute approximate surface area is 124 Å². The number of benzene rings is 3. The van der Waals surface area contributed by atoms with E-state index in [4.69, 9.17) is 0 Å². The second-order valence-electron chi connectivity index (χ2n) is 4.70. The minimum absolute atomic E-state index is 0.500. The van der Waals surface area contributed by atoms with Gasteiger partial charge in [-0.25, -0.2) is 30.7 Å². The third kappa shape index (κ3) is 2.15. The molecule has 0 aliphatic rings. The Balaban J connectivity index is 2.53. The van der Waals surface area contributed by atoms with Gasteiger partial charge in [0.15, 0.2) is 34.9 Å². The van der Waals surface area contributed by atoms with Gasteiger partial charge in [-0.3, -0.25) is 0 Å². The molecule has 3 rings (SSSR count). The first kappa shape index (κ1) is 15.3. The molecule has 3 aromatic rings. The van der Waals surface area contributed by atoms with Crippen LogP contribution in [-0.2, 0) is 0 Å². The molecule has 0 N–H and O–H groups in total. The topological polar surface area (TPSA) is 0 Å². The molecule has 0 nitrogen and oxygen atoms in total. The van der Waals surface area contributed by atoms with E-state index >= 15 is 0 Å². The summed E-state index contributed by atoms with van der Waals surface area (Å²) < 4.78 is 95.6. The van der Waals surface area contributed by atoms with Gasteiger partial charge in [0.05, 0.1) is 5.39 Å². The first-order valence-electron chi connectivity index (χ1n) is 6.23. The van der Waals surface area contributed by atoms with Crippen LogP contribution >= 0.6 is 0 Å². The van der Waals surface area contributed by atoms with Gasteiger partial charge in [0.25, 0.3) is 0 Å². The highest BCUT2D eigenvalue weighted by Crippen LogP contribution is 2.38. The number of hydrogen-bond acceptors (Lipinski definition) is 0. The second kappa shape index (κ2) is 5.26. The average molecular weight is 330 g/mol. The fourth-order valence-electron chi connectivity index (χ4n) is 2.37. The van der Waals surface area contributed by atoms with E-state index in [9.17, 15) is 30.7 Å². The maximum atomic E-state index is 14.1. The number of fused-ring (bicyclic) bond motifs is 1. The van der Waals surface area contributed by atoms with Crippen molar-refractivity contribution in [3.8, 4) is 11.1 Å². The van der Waals surface area contributed by atoms with Crippen molar-refractivity contribution in [3.05, 3.63) is 71.1 Å². The van der Waals surface area contributed by atoms with Crippen molar-refractivity contribution >= 4 is 10.8 Å². The van der Waals surface area contributed by atoms with Gasteiger partial charge >= 0.3 is 0 Å². The van der Waals surface area contributed by atoms with Gasteiger partial charge in [0.2, 0.25) is 0 Å². The van der Waals surface area contributed by atoms with E-state index in [0.717, 1.165) is 18.2 Å². The summed E-state index contributed by atoms with van der Waals surface area (Å²) in [6.07, 6.45) is 0. The molecule has 0 bridgehead atoms. The predicted octanol–water partition coefficient (Wildman–Crippen LogP) is 5.48. The van der Waals surface area contributed by atoms with Crippen molar-refractivity contribution in [3.63, 3.8) is 0 Å². The van der Waals surface area contributed by atoms with Crippen molar-refractivity contribution in [2.45, 2.75) is 0 Å². The zero-order chi connectivity index (χ0) is 16.9. The van der Waals surface area contributed by atoms with Gasteiger partial charge in [-0.05, 0) is 23.6 Å². The van der Waals surface area contributed by atoms with Gasteiger partial charge in [-0.2, -0.15) is 0 Å². The summed E-state index contributed by atoms with van der Waals surface area (Å²) in [5, 5.41) is -1.42. The van der Waals surface area contributed by atoms with Gasteiger partial charge in [-0.15, -0.1) is 0 Å². The minimum atomic E-state index is -2.04. The molecule has 0 amide bonds. The lowest BCUT2D eigenvalue weighted by molar-refractivity contribution is 0.444. The van der Waals surface area contributed by atoms with E-state index in [-0.39, 0.29) is 0 Å². The first-order valence-corrected chi connectivity index (χ1v) is 6.23. The van der Waals surface area contributed by atoms with Crippen LogP contribution in [-0.4, -0.2) is 0 Å². The molecule has 0 aromatic heterocycles. The molecule has 23 heavy (non-hydrogen) atoms. The van der Waals surface area contributed by atoms with Crippen LogP contribution in [0.1, 0.15) is 0 Å². The number of hydrogen-bond donors (Lipinski definition) is 0. The van der Waals surface area contributed by atoms with Crippen LogP contribution in [0.4, 0.5) is 30.7 Å². The average Bonchev–Trinajstić information content (AvgIpc) is 2.52. The summed E-state index contributed by atoms with van der Waals surface area (Å²) in [7, 11) is 0. The Hall–Kier alpha value is -2.57. The van der Waals surface area contributed by atoms with Gasteiger partial charge in [0.1, 0.15) is 5.82 Å². The van der Waals surface area contributed by atoms with Crippen LogP contribution in [0.3, 0.4) is 0 Å². The summed E-state index contributed by atoms with van der Waals surface area (Å²) in [6.45, 7) is 0. The molecule has 0 aliphatic carbocycles. The van der Waals surface area contributed by atoms with Crippen LogP contribution in [0.15, 0.2) is 30.3 Å². The molecule has 3 aromatic carbocycles. The lowest BCUT2D eigenvalue weighted by Crippen LogP contribution is -2.02. The normalized spacial score (nSPS) is 11.3. The number of rotatable bonds is 1. The molecule has 0 saturated carbocycles. The van der Waals surface area contributed by atoms with Crippen molar-refractivity contribution in [1.29, 1.82) is 0 Å². The van der Waals surface area contributed by atoms with Gasteiger partial charge in [0, 0.05) is 11.1 Å². The van der Waals surface area contributed by atoms with E-state index in [1.165, 1.54) is 0 Å². The molecule has 0 heterocycles. The summed E-state index contributed by atoms with van der Waals surface area (Å²) in [5.41, 5.74) is -1.74. The minimum Gasteiger partial charge on any atom is -0.206 e. The summed E-state index contributed by atoms with van der Waals surface area (Å²) in [4.78, 5) is 0. The second-order valence-corrected chi connectivity index (χ2v) is 4.70. The van der Waals surface area contributed by atoms with E-state index in [2.05, 4.69) is 0 Å². The third-order valence-electron chi connectivity index (χ3n) is 3.41. The van der Waals surface area contributed by atoms with E-state index in [1.807, 2.05) is 0 Å². The Morgan fingerprint density at radius 3 is 1.91 bits per heavy atom. The molecule has 7 heteroatoms. The maximum absolute atomic E-state index is 14.1. The predicted molar refractivity (Wildman–Crippen MR) is 69.1 cm³/mol. The van der Waals surface area contributed by atoms with Crippen molar-refractivity contribution in [2.24, 2.45) is 0 Å². The quantitative estimate of drug-likeness (QED) is 0.409. The van der Waals surface area contributed by atoms with Crippen molar-refractivity contribution in [2.75, 3.05) is 0 Å². The Morgan fingerprint density at radius 1 is 0.522 bits per heavy atom. The van der Waals surface area contributed by atoms with Gasteiger partial charge in [-0.1, -0.05) is 12.1 Å². The monoisotopic (exact) mass is 330 g/mol. The molecule has 0 atom stereocenters. The highest BCUT2D eigenvalue weighted by atomic mass is 19.2. The van der Waals surface area contributed by atoms with E-state index < -0.39 is 62.6 Å². The molecule has 0 fully saturated rings. The number of halogens is 7. The SMILES string of the molecule is Fc1ccc(-c2c(F)c(F)c(F)c3c(F)cccc23)c(F)c1F. The Kier molecular flexibility index (Phi) is 3.50. The lowest BCUT2D eigenvalue weighted by atomic mass is 9.96.